The number of methoxy groups -OCH3 is 1. The van der Waals surface area contributed by atoms with Gasteiger partial charge in [0.2, 0.25) is 5.43 Å². The van der Waals surface area contributed by atoms with Gasteiger partial charge in [-0.05, 0) is 49.8 Å². The predicted octanol–water partition coefficient (Wildman–Crippen LogP) is 3.44. The number of aromatic nitrogens is 1. The fourth-order valence-corrected chi connectivity index (χ4v) is 5.73. The van der Waals surface area contributed by atoms with Crippen LogP contribution < -0.4 is 25.8 Å². The molecule has 8 nitrogen and oxygen atoms in total. The second kappa shape index (κ2) is 9.63. The fraction of sp³-hybridized carbons (Fsp3) is 0.393. The molecule has 1 amide bonds. The van der Waals surface area contributed by atoms with Gasteiger partial charge in [0.15, 0.2) is 11.6 Å². The van der Waals surface area contributed by atoms with Crippen LogP contribution in [0.1, 0.15) is 47.6 Å². The zero-order valence-electron chi connectivity index (χ0n) is 20.7. The molecule has 6 rings (SSSR count). The minimum absolute atomic E-state index is 0.0739. The maximum Gasteiger partial charge on any atom is 0.276 e. The zero-order chi connectivity index (χ0) is 25.5. The summed E-state index contributed by atoms with van der Waals surface area (Å²) >= 11 is 0. The van der Waals surface area contributed by atoms with E-state index in [0.29, 0.717) is 35.5 Å². The van der Waals surface area contributed by atoms with Crippen molar-refractivity contribution in [1.82, 2.24) is 15.3 Å². The van der Waals surface area contributed by atoms with E-state index >= 15 is 4.39 Å². The van der Waals surface area contributed by atoms with Crippen LogP contribution in [0, 0.1) is 11.7 Å². The highest BCUT2D eigenvalue weighted by Gasteiger charge is 2.38. The SMILES string of the molecule is COc1c(N2CC3CCCNC3C2)c(F)cc2c(=O)c(C(=O)N/N=C/c3ccccc3)cn(C3CC3)c12. The van der Waals surface area contributed by atoms with E-state index in [-0.39, 0.29) is 17.0 Å². The number of ether oxygens (including phenoxy) is 1. The van der Waals surface area contributed by atoms with Crippen LogP contribution in [0.4, 0.5) is 10.1 Å². The topological polar surface area (TPSA) is 88.0 Å². The maximum absolute atomic E-state index is 15.7. The van der Waals surface area contributed by atoms with E-state index in [0.717, 1.165) is 44.3 Å². The molecule has 1 saturated carbocycles. The molecule has 9 heteroatoms. The normalized spacial score (nSPS) is 21.4. The van der Waals surface area contributed by atoms with Crippen LogP contribution in [-0.4, -0.2) is 49.5 Å². The van der Waals surface area contributed by atoms with Gasteiger partial charge >= 0.3 is 0 Å². The Labute approximate surface area is 214 Å². The number of piperidine rings is 1. The zero-order valence-corrected chi connectivity index (χ0v) is 20.7. The van der Waals surface area contributed by atoms with E-state index in [2.05, 4.69) is 15.8 Å². The number of halogens is 1. The molecule has 2 aromatic carbocycles. The molecule has 3 heterocycles. The number of benzene rings is 2. The van der Waals surface area contributed by atoms with Crippen molar-refractivity contribution in [3.8, 4) is 5.75 Å². The lowest BCUT2D eigenvalue weighted by atomic mass is 9.94. The molecule has 1 aliphatic carbocycles. The van der Waals surface area contributed by atoms with Crippen molar-refractivity contribution in [1.29, 1.82) is 0 Å². The summed E-state index contributed by atoms with van der Waals surface area (Å²) in [6.07, 6.45) is 7.15. The first-order valence-electron chi connectivity index (χ1n) is 12.9. The summed E-state index contributed by atoms with van der Waals surface area (Å²) in [6, 6.07) is 11.0. The Morgan fingerprint density at radius 2 is 2.03 bits per heavy atom. The van der Waals surface area contributed by atoms with Gasteiger partial charge in [-0.2, -0.15) is 5.10 Å². The van der Waals surface area contributed by atoms with Crippen molar-refractivity contribution < 1.29 is 13.9 Å². The number of rotatable bonds is 6. The van der Waals surface area contributed by atoms with Gasteiger partial charge in [-0.1, -0.05) is 30.3 Å². The molecule has 0 bridgehead atoms. The van der Waals surface area contributed by atoms with Crippen molar-refractivity contribution in [2.45, 2.75) is 37.8 Å². The van der Waals surface area contributed by atoms with Crippen LogP contribution in [-0.2, 0) is 0 Å². The molecule has 2 N–H and O–H groups in total. The largest absolute Gasteiger partial charge is 0.492 e. The van der Waals surface area contributed by atoms with Crippen LogP contribution in [0.15, 0.2) is 52.5 Å². The molecule has 0 spiro atoms. The average molecular weight is 504 g/mol. The first-order valence-corrected chi connectivity index (χ1v) is 12.9. The van der Waals surface area contributed by atoms with Gasteiger partial charge in [0.05, 0.1) is 24.2 Å². The fourth-order valence-electron chi connectivity index (χ4n) is 5.73. The Balaban J connectivity index is 1.41. The number of nitrogens with zero attached hydrogens (tertiary/aromatic N) is 3. The van der Waals surface area contributed by atoms with Crippen LogP contribution in [0.2, 0.25) is 0 Å². The molecular weight excluding hydrogens is 473 g/mol. The third-order valence-electron chi connectivity index (χ3n) is 7.68. The highest BCUT2D eigenvalue weighted by Crippen LogP contribution is 2.45. The van der Waals surface area contributed by atoms with Gasteiger partial charge < -0.3 is 19.5 Å². The molecule has 3 fully saturated rings. The number of carbonyl (C=O) groups is 1. The number of hydrogen-bond acceptors (Lipinski definition) is 6. The summed E-state index contributed by atoms with van der Waals surface area (Å²) in [6.45, 7) is 2.41. The molecule has 1 aromatic heterocycles. The number of nitrogens with one attached hydrogen (secondary N) is 2. The minimum Gasteiger partial charge on any atom is -0.492 e. The smallest absolute Gasteiger partial charge is 0.276 e. The van der Waals surface area contributed by atoms with Crippen molar-refractivity contribution >= 4 is 28.7 Å². The second-order valence-corrected chi connectivity index (χ2v) is 10.1. The summed E-state index contributed by atoms with van der Waals surface area (Å²) in [7, 11) is 1.51. The Hall–Kier alpha value is -3.72. The van der Waals surface area contributed by atoms with Crippen LogP contribution in [0.3, 0.4) is 0 Å². The van der Waals surface area contributed by atoms with E-state index in [1.807, 2.05) is 39.8 Å². The van der Waals surface area contributed by atoms with Crippen molar-refractivity contribution in [3.05, 3.63) is 69.8 Å². The van der Waals surface area contributed by atoms with Gasteiger partial charge in [0.1, 0.15) is 11.3 Å². The Morgan fingerprint density at radius 3 is 2.76 bits per heavy atom. The summed E-state index contributed by atoms with van der Waals surface area (Å²) in [5.74, 6) is -0.331. The Bertz CT molecular complexity index is 1420. The number of hydrogen-bond donors (Lipinski definition) is 2. The molecule has 2 atom stereocenters. The highest BCUT2D eigenvalue weighted by molar-refractivity contribution is 6.00. The third kappa shape index (κ3) is 4.37. The quantitative estimate of drug-likeness (QED) is 0.398. The van der Waals surface area contributed by atoms with E-state index in [9.17, 15) is 9.59 Å². The highest BCUT2D eigenvalue weighted by atomic mass is 19.1. The molecule has 3 aromatic rings. The van der Waals surface area contributed by atoms with Crippen LogP contribution >= 0.6 is 0 Å². The van der Waals surface area contributed by atoms with Gasteiger partial charge in [0, 0.05) is 31.4 Å². The van der Waals surface area contributed by atoms with Gasteiger partial charge in [-0.25, -0.2) is 9.82 Å². The van der Waals surface area contributed by atoms with E-state index in [1.165, 1.54) is 19.4 Å². The van der Waals surface area contributed by atoms with E-state index in [4.69, 9.17) is 4.74 Å². The van der Waals surface area contributed by atoms with Gasteiger partial charge in [-0.15, -0.1) is 0 Å². The number of carbonyl (C=O) groups excluding carboxylic acids is 1. The molecule has 2 aliphatic heterocycles. The summed E-state index contributed by atoms with van der Waals surface area (Å²) < 4.78 is 23.5. The second-order valence-electron chi connectivity index (χ2n) is 10.1. The summed E-state index contributed by atoms with van der Waals surface area (Å²) in [5.41, 5.74) is 3.58. The predicted molar refractivity (Wildman–Crippen MR) is 141 cm³/mol. The van der Waals surface area contributed by atoms with E-state index < -0.39 is 17.2 Å². The molecule has 37 heavy (non-hydrogen) atoms. The first kappa shape index (κ1) is 23.7. The van der Waals surface area contributed by atoms with Gasteiger partial charge in [-0.3, -0.25) is 9.59 Å². The minimum atomic E-state index is -0.633. The Kier molecular flexibility index (Phi) is 6.16. The Morgan fingerprint density at radius 1 is 1.22 bits per heavy atom. The standard InChI is InChI=1S/C28H30FN5O3/c1-37-27-24-20(12-22(29)25(27)33-14-18-8-5-11-30-23(18)16-33)26(35)21(15-34(24)19-9-10-19)28(36)32-31-13-17-6-3-2-4-7-17/h2-4,6-7,12-13,15,18-19,23,30H,5,8-11,14,16H2,1H3,(H,32,36)/b31-13+. The lowest BCUT2D eigenvalue weighted by molar-refractivity contribution is 0.0953. The molecule has 0 radical (unpaired) electrons. The number of amides is 1. The lowest BCUT2D eigenvalue weighted by Gasteiger charge is -2.25. The third-order valence-corrected chi connectivity index (χ3v) is 7.68. The monoisotopic (exact) mass is 503 g/mol. The molecular formula is C28H30FN5O3. The van der Waals surface area contributed by atoms with Crippen LogP contribution in [0.25, 0.3) is 10.9 Å². The number of fused-ring (bicyclic) bond motifs is 2. The van der Waals surface area contributed by atoms with Crippen molar-refractivity contribution in [3.63, 3.8) is 0 Å². The molecule has 2 saturated heterocycles. The lowest BCUT2D eigenvalue weighted by Crippen LogP contribution is -2.40. The number of hydrazone groups is 1. The molecule has 2 unspecified atom stereocenters. The summed E-state index contributed by atoms with van der Waals surface area (Å²) in [4.78, 5) is 28.5. The van der Waals surface area contributed by atoms with Gasteiger partial charge in [0.25, 0.3) is 5.91 Å². The average Bonchev–Trinajstić information content (AvgIpc) is 3.67. The van der Waals surface area contributed by atoms with Crippen molar-refractivity contribution in [2.24, 2.45) is 11.0 Å². The number of pyridine rings is 1. The van der Waals surface area contributed by atoms with Crippen LogP contribution in [0.5, 0.6) is 5.75 Å². The first-order chi connectivity index (χ1) is 18.0. The molecule has 192 valence electrons. The van der Waals surface area contributed by atoms with E-state index in [1.54, 1.807) is 6.20 Å². The molecule has 3 aliphatic rings. The van der Waals surface area contributed by atoms with Crippen molar-refractivity contribution in [2.75, 3.05) is 31.6 Å². The number of anilines is 1. The maximum atomic E-state index is 15.7. The summed E-state index contributed by atoms with van der Waals surface area (Å²) in [5, 5.41) is 7.69.